The summed E-state index contributed by atoms with van der Waals surface area (Å²) in [7, 11) is 0. The number of benzene rings is 1. The summed E-state index contributed by atoms with van der Waals surface area (Å²) in [6.45, 7) is 5.49. The highest BCUT2D eigenvalue weighted by Gasteiger charge is 2.15. The summed E-state index contributed by atoms with van der Waals surface area (Å²) >= 11 is 3.66. The molecule has 1 heterocycles. The zero-order valence-electron chi connectivity index (χ0n) is 12.4. The first-order chi connectivity index (χ1) is 9.74. The fraction of sp³-hybridized carbons (Fsp3) is 0.600. The van der Waals surface area contributed by atoms with E-state index < -0.39 is 0 Å². The molecule has 1 aliphatic rings. The van der Waals surface area contributed by atoms with Crippen LogP contribution in [0.5, 0.6) is 11.5 Å². The average Bonchev–Trinajstić information content (AvgIpc) is 2.46. The number of hydrogen-bond acceptors (Lipinski definition) is 5. The predicted octanol–water partition coefficient (Wildman–Crippen LogP) is 3.27. The third kappa shape index (κ3) is 4.24. The molecule has 0 radical (unpaired) electrons. The minimum absolute atomic E-state index is 0.642. The lowest BCUT2D eigenvalue weighted by Crippen LogP contribution is -2.22. The highest BCUT2D eigenvalue weighted by molar-refractivity contribution is 7.98. The van der Waals surface area contributed by atoms with Crippen molar-refractivity contribution in [3.8, 4) is 11.5 Å². The molecule has 5 heteroatoms. The quantitative estimate of drug-likeness (QED) is 0.781. The third-order valence-electron chi connectivity index (χ3n) is 3.20. The van der Waals surface area contributed by atoms with E-state index in [0.29, 0.717) is 19.1 Å². The smallest absolute Gasteiger partial charge is 0.162 e. The predicted molar refractivity (Wildman–Crippen MR) is 88.5 cm³/mol. The molecule has 0 fully saturated rings. The van der Waals surface area contributed by atoms with E-state index >= 15 is 0 Å². The van der Waals surface area contributed by atoms with Gasteiger partial charge in [-0.15, -0.1) is 11.8 Å². The third-order valence-corrected chi connectivity index (χ3v) is 4.93. The monoisotopic (exact) mass is 313 g/mol. The Labute approximate surface area is 130 Å². The van der Waals surface area contributed by atoms with Crippen molar-refractivity contribution in [2.45, 2.75) is 18.4 Å². The van der Waals surface area contributed by atoms with Crippen molar-refractivity contribution in [3.05, 3.63) is 17.7 Å². The molecule has 1 unspecified atom stereocenters. The summed E-state index contributed by atoms with van der Waals surface area (Å²) in [4.78, 5) is 1.26. The maximum atomic E-state index is 5.66. The van der Waals surface area contributed by atoms with Crippen LogP contribution < -0.4 is 14.8 Å². The number of fused-ring (bicyclic) bond motifs is 1. The summed E-state index contributed by atoms with van der Waals surface area (Å²) in [5.41, 5.74) is 1.29. The zero-order chi connectivity index (χ0) is 14.4. The molecule has 20 heavy (non-hydrogen) atoms. The number of nitrogens with one attached hydrogen (secondary N) is 1. The number of rotatable bonds is 7. The molecular formula is C15H23NO2S2. The van der Waals surface area contributed by atoms with E-state index in [1.807, 2.05) is 11.8 Å². The lowest BCUT2D eigenvalue weighted by molar-refractivity contribution is 0.171. The standard InChI is InChI=1S/C15H23NO2S2/c1-11(10-19-2)8-16-9-12-6-13-14(7-15(12)20-3)18-5-4-17-13/h6-7,11,16H,4-5,8-10H2,1-3H3. The van der Waals surface area contributed by atoms with Crippen molar-refractivity contribution in [1.82, 2.24) is 5.32 Å². The first kappa shape index (κ1) is 15.9. The van der Waals surface area contributed by atoms with Gasteiger partial charge in [0.25, 0.3) is 0 Å². The van der Waals surface area contributed by atoms with Crippen LogP contribution in [0.15, 0.2) is 17.0 Å². The van der Waals surface area contributed by atoms with E-state index in [1.54, 1.807) is 11.8 Å². The van der Waals surface area contributed by atoms with Crippen LogP contribution in [-0.2, 0) is 6.54 Å². The Morgan fingerprint density at radius 2 is 1.90 bits per heavy atom. The topological polar surface area (TPSA) is 30.5 Å². The van der Waals surface area contributed by atoms with Gasteiger partial charge in [0.1, 0.15) is 13.2 Å². The minimum atomic E-state index is 0.642. The van der Waals surface area contributed by atoms with Crippen molar-refractivity contribution in [2.24, 2.45) is 5.92 Å². The number of thioether (sulfide) groups is 2. The van der Waals surface area contributed by atoms with Crippen molar-refractivity contribution in [2.75, 3.05) is 38.0 Å². The van der Waals surface area contributed by atoms with Gasteiger partial charge < -0.3 is 14.8 Å². The second kappa shape index (κ2) is 8.05. The fourth-order valence-corrected chi connectivity index (χ4v) is 3.54. The summed E-state index contributed by atoms with van der Waals surface area (Å²) in [5, 5.41) is 3.54. The van der Waals surface area contributed by atoms with Gasteiger partial charge in [0, 0.05) is 11.4 Å². The van der Waals surface area contributed by atoms with E-state index in [-0.39, 0.29) is 0 Å². The van der Waals surface area contributed by atoms with Crippen molar-refractivity contribution >= 4 is 23.5 Å². The van der Waals surface area contributed by atoms with E-state index in [9.17, 15) is 0 Å². The molecule has 0 saturated heterocycles. The molecule has 0 aliphatic carbocycles. The molecule has 1 atom stereocenters. The Kier molecular flexibility index (Phi) is 6.39. The first-order valence-electron chi connectivity index (χ1n) is 6.90. The summed E-state index contributed by atoms with van der Waals surface area (Å²) in [6.07, 6.45) is 4.26. The van der Waals surface area contributed by atoms with Gasteiger partial charge in [-0.25, -0.2) is 0 Å². The van der Waals surface area contributed by atoms with Gasteiger partial charge in [0.05, 0.1) is 0 Å². The maximum absolute atomic E-state index is 5.66. The van der Waals surface area contributed by atoms with Gasteiger partial charge in [-0.3, -0.25) is 0 Å². The molecule has 0 spiro atoms. The molecule has 0 bridgehead atoms. The van der Waals surface area contributed by atoms with Crippen molar-refractivity contribution < 1.29 is 9.47 Å². The lowest BCUT2D eigenvalue weighted by atomic mass is 10.1. The Morgan fingerprint density at radius 3 is 2.55 bits per heavy atom. The normalized spacial score (nSPS) is 15.2. The molecule has 1 aromatic rings. The van der Waals surface area contributed by atoms with E-state index in [1.165, 1.54) is 16.2 Å². The minimum Gasteiger partial charge on any atom is -0.486 e. The SMILES string of the molecule is CSCC(C)CNCc1cc2c(cc1SC)OCCO2. The van der Waals surface area contributed by atoms with Gasteiger partial charge in [-0.1, -0.05) is 6.92 Å². The molecule has 1 N–H and O–H groups in total. The van der Waals surface area contributed by atoms with Crippen molar-refractivity contribution in [3.63, 3.8) is 0 Å². The van der Waals surface area contributed by atoms with Crippen LogP contribution in [0.3, 0.4) is 0 Å². The molecule has 2 rings (SSSR count). The van der Waals surface area contributed by atoms with Crippen LogP contribution >= 0.6 is 23.5 Å². The summed E-state index contributed by atoms with van der Waals surface area (Å²) < 4.78 is 11.3. The molecule has 0 aromatic heterocycles. The van der Waals surface area contributed by atoms with E-state index in [4.69, 9.17) is 9.47 Å². The largest absolute Gasteiger partial charge is 0.486 e. The van der Waals surface area contributed by atoms with Gasteiger partial charge in [0.2, 0.25) is 0 Å². The number of hydrogen-bond donors (Lipinski definition) is 1. The van der Waals surface area contributed by atoms with Gasteiger partial charge in [0.15, 0.2) is 11.5 Å². The first-order valence-corrected chi connectivity index (χ1v) is 9.52. The fourth-order valence-electron chi connectivity index (χ4n) is 2.24. The van der Waals surface area contributed by atoms with Crippen LogP contribution in [0.25, 0.3) is 0 Å². The van der Waals surface area contributed by atoms with Gasteiger partial charge in [-0.05, 0) is 48.4 Å². The van der Waals surface area contributed by atoms with Crippen LogP contribution in [-0.4, -0.2) is 38.0 Å². The molecule has 0 saturated carbocycles. The van der Waals surface area contributed by atoms with Crippen LogP contribution in [0.2, 0.25) is 0 Å². The Hall–Kier alpha value is -0.520. The Balaban J connectivity index is 1.99. The van der Waals surface area contributed by atoms with Crippen LogP contribution in [0, 0.1) is 5.92 Å². The molecular weight excluding hydrogens is 290 g/mol. The van der Waals surface area contributed by atoms with Crippen LogP contribution in [0.4, 0.5) is 0 Å². The molecule has 112 valence electrons. The molecule has 0 amide bonds. The summed E-state index contributed by atoms with van der Waals surface area (Å²) in [6, 6.07) is 4.22. The molecule has 3 nitrogen and oxygen atoms in total. The van der Waals surface area contributed by atoms with Crippen molar-refractivity contribution in [1.29, 1.82) is 0 Å². The average molecular weight is 313 g/mol. The van der Waals surface area contributed by atoms with E-state index in [2.05, 4.69) is 36.9 Å². The highest BCUT2D eigenvalue weighted by atomic mass is 32.2. The Morgan fingerprint density at radius 1 is 1.20 bits per heavy atom. The Bertz CT molecular complexity index is 440. The zero-order valence-corrected chi connectivity index (χ0v) is 14.0. The number of ether oxygens (including phenoxy) is 2. The molecule has 1 aliphatic heterocycles. The van der Waals surface area contributed by atoms with Crippen LogP contribution in [0.1, 0.15) is 12.5 Å². The maximum Gasteiger partial charge on any atom is 0.162 e. The lowest BCUT2D eigenvalue weighted by Gasteiger charge is -2.21. The summed E-state index contributed by atoms with van der Waals surface area (Å²) in [5.74, 6) is 3.65. The van der Waals surface area contributed by atoms with Gasteiger partial charge in [-0.2, -0.15) is 11.8 Å². The second-order valence-electron chi connectivity index (χ2n) is 5.00. The molecule has 1 aromatic carbocycles. The second-order valence-corrected chi connectivity index (χ2v) is 6.76. The highest BCUT2D eigenvalue weighted by Crippen LogP contribution is 2.36. The van der Waals surface area contributed by atoms with E-state index in [0.717, 1.165) is 24.6 Å². The van der Waals surface area contributed by atoms with Gasteiger partial charge >= 0.3 is 0 Å².